The first-order chi connectivity index (χ1) is 10.5. The zero-order valence-electron chi connectivity index (χ0n) is 13.9. The lowest BCUT2D eigenvalue weighted by Crippen LogP contribution is -2.66. The van der Waals surface area contributed by atoms with Gasteiger partial charge in [0.1, 0.15) is 0 Å². The Bertz CT molecular complexity index is 756. The van der Waals surface area contributed by atoms with Crippen molar-refractivity contribution in [3.63, 3.8) is 0 Å². The van der Waals surface area contributed by atoms with E-state index >= 15 is 0 Å². The summed E-state index contributed by atoms with van der Waals surface area (Å²) in [5.41, 5.74) is 5.09. The van der Waals surface area contributed by atoms with E-state index in [1.54, 1.807) is 11.3 Å². The van der Waals surface area contributed by atoms with E-state index in [0.29, 0.717) is 17.0 Å². The van der Waals surface area contributed by atoms with Crippen LogP contribution in [0.1, 0.15) is 51.3 Å². The van der Waals surface area contributed by atoms with E-state index in [1.165, 1.54) is 36.6 Å². The van der Waals surface area contributed by atoms with Crippen LogP contribution in [0.2, 0.25) is 0 Å². The summed E-state index contributed by atoms with van der Waals surface area (Å²) in [5.74, 6) is 1.63. The molecule has 1 saturated carbocycles. The first kappa shape index (κ1) is 13.2. The maximum Gasteiger partial charge on any atom is 0.0459 e. The van der Waals surface area contributed by atoms with E-state index in [-0.39, 0.29) is 0 Å². The van der Waals surface area contributed by atoms with Gasteiger partial charge in [0.05, 0.1) is 0 Å². The molecule has 0 amide bonds. The fourth-order valence-corrected chi connectivity index (χ4v) is 5.93. The van der Waals surface area contributed by atoms with Crippen molar-refractivity contribution in [2.24, 2.45) is 11.8 Å². The van der Waals surface area contributed by atoms with Crippen LogP contribution in [0.3, 0.4) is 0 Å². The molecule has 0 unspecified atom stereocenters. The zero-order valence-corrected chi connectivity index (χ0v) is 13.9. The van der Waals surface area contributed by atoms with E-state index in [4.69, 9.17) is 0 Å². The highest BCUT2D eigenvalue weighted by Gasteiger charge is 2.55. The molecule has 2 heteroatoms. The molecule has 2 bridgehead atoms. The van der Waals surface area contributed by atoms with Crippen LogP contribution in [0, 0.1) is 11.8 Å². The topological polar surface area (TPSA) is 27.8 Å². The molecule has 2 aromatic rings. The van der Waals surface area contributed by atoms with Gasteiger partial charge in [-0.1, -0.05) is 25.1 Å². The third-order valence-electron chi connectivity index (χ3n) is 7.24. The van der Waals surface area contributed by atoms with Gasteiger partial charge in [0, 0.05) is 33.6 Å². The average Bonchev–Trinajstić information content (AvgIpc) is 2.86. The van der Waals surface area contributed by atoms with E-state index in [9.17, 15) is 0 Å². The monoisotopic (exact) mass is 294 g/mol. The number of aromatic nitrogens is 1. The molecule has 1 aromatic heterocycles. The molecule has 2 heterocycles. The average molecular weight is 294 g/mol. The molecule has 2 nitrogen and oxygen atoms in total. The number of hydrogen-bond donors (Lipinski definition) is 2. The van der Waals surface area contributed by atoms with Gasteiger partial charge >= 0.3 is 0 Å². The number of fused-ring (bicyclic) bond motifs is 5. The lowest BCUT2D eigenvalue weighted by Gasteiger charge is -2.59. The Labute approximate surface area is 132 Å². The number of hydrogen-bond acceptors (Lipinski definition) is 1. The Kier molecular flexibility index (Phi) is 2.38. The van der Waals surface area contributed by atoms with Gasteiger partial charge in [0.15, 0.2) is 0 Å². The Hall–Kier alpha value is -1.28. The number of H-pyrrole nitrogens is 1. The van der Waals surface area contributed by atoms with Crippen molar-refractivity contribution >= 4 is 10.9 Å². The van der Waals surface area contributed by atoms with E-state index in [2.05, 4.69) is 55.3 Å². The highest BCUT2D eigenvalue weighted by atomic mass is 15.0. The maximum atomic E-state index is 4.03. The summed E-state index contributed by atoms with van der Waals surface area (Å²) in [7, 11) is 0. The van der Waals surface area contributed by atoms with Crippen molar-refractivity contribution in [1.82, 2.24) is 10.3 Å². The molecule has 1 saturated heterocycles. The quantitative estimate of drug-likeness (QED) is 0.750. The van der Waals surface area contributed by atoms with Gasteiger partial charge in [-0.25, -0.2) is 0 Å². The molecule has 4 atom stereocenters. The standard InChI is InChI=1S/C20H26N2/c1-19(2)12-8-9-20(3)15(10-12)17(22-19)11-14-13-6-4-5-7-16(13)21-18(14)20/h4-7,12,15,17,21-22H,8-11H2,1-3H3/t12-,15+,17+,20-/m0/s1. The Morgan fingerprint density at radius 1 is 1.14 bits per heavy atom. The van der Waals surface area contributed by atoms with Gasteiger partial charge < -0.3 is 10.3 Å². The van der Waals surface area contributed by atoms with Crippen LogP contribution in [-0.2, 0) is 11.8 Å². The minimum atomic E-state index is 0.298. The van der Waals surface area contributed by atoms with Crippen LogP contribution in [0.25, 0.3) is 10.9 Å². The van der Waals surface area contributed by atoms with Gasteiger partial charge in [0.2, 0.25) is 0 Å². The molecule has 22 heavy (non-hydrogen) atoms. The maximum absolute atomic E-state index is 4.03. The molecule has 3 aliphatic rings. The lowest BCUT2D eigenvalue weighted by molar-refractivity contribution is -0.000788. The SMILES string of the molecule is CC1(C)N[C@@H]2Cc3c([nH]c4ccccc34)[C@@]3(C)CC[C@H]1C[C@H]23. The second-order valence-electron chi connectivity index (χ2n) is 8.70. The van der Waals surface area contributed by atoms with Crippen molar-refractivity contribution in [2.45, 2.75) is 63.5 Å². The minimum Gasteiger partial charge on any atom is -0.358 e. The fourth-order valence-electron chi connectivity index (χ4n) is 5.93. The summed E-state index contributed by atoms with van der Waals surface area (Å²) in [4.78, 5) is 3.81. The Balaban J connectivity index is 1.73. The first-order valence-corrected chi connectivity index (χ1v) is 8.87. The fraction of sp³-hybridized carbons (Fsp3) is 0.600. The highest BCUT2D eigenvalue weighted by Crippen LogP contribution is 2.56. The molecular formula is C20H26N2. The highest BCUT2D eigenvalue weighted by molar-refractivity contribution is 5.85. The van der Waals surface area contributed by atoms with Gasteiger partial charge in [0.25, 0.3) is 0 Å². The van der Waals surface area contributed by atoms with Crippen LogP contribution in [0.5, 0.6) is 0 Å². The van der Waals surface area contributed by atoms with Crippen molar-refractivity contribution in [3.8, 4) is 0 Å². The summed E-state index contributed by atoms with van der Waals surface area (Å²) in [6.45, 7) is 7.36. The van der Waals surface area contributed by atoms with Crippen LogP contribution >= 0.6 is 0 Å². The number of rotatable bonds is 0. The third kappa shape index (κ3) is 1.49. The molecule has 1 aromatic carbocycles. The van der Waals surface area contributed by atoms with Gasteiger partial charge in [-0.05, 0) is 63.0 Å². The second kappa shape index (κ2) is 3.97. The van der Waals surface area contributed by atoms with Crippen LogP contribution in [0.15, 0.2) is 24.3 Å². The number of para-hydroxylation sites is 1. The number of piperidine rings is 1. The van der Waals surface area contributed by atoms with Gasteiger partial charge in [-0.15, -0.1) is 0 Å². The largest absolute Gasteiger partial charge is 0.358 e. The summed E-state index contributed by atoms with van der Waals surface area (Å²) >= 11 is 0. The first-order valence-electron chi connectivity index (χ1n) is 8.87. The molecular weight excluding hydrogens is 268 g/mol. The predicted molar refractivity (Wildman–Crippen MR) is 91.2 cm³/mol. The van der Waals surface area contributed by atoms with E-state index in [0.717, 1.165) is 11.8 Å². The molecule has 0 spiro atoms. The Morgan fingerprint density at radius 2 is 1.95 bits per heavy atom. The molecule has 2 fully saturated rings. The number of benzene rings is 1. The molecule has 2 aliphatic carbocycles. The summed E-state index contributed by atoms with van der Waals surface area (Å²) in [5, 5.41) is 5.48. The molecule has 1 aliphatic heterocycles. The molecule has 5 rings (SSSR count). The van der Waals surface area contributed by atoms with E-state index in [1.807, 2.05) is 0 Å². The molecule has 2 N–H and O–H groups in total. The van der Waals surface area contributed by atoms with Crippen molar-refractivity contribution in [2.75, 3.05) is 0 Å². The summed E-state index contributed by atoms with van der Waals surface area (Å²) in [6, 6.07) is 9.51. The predicted octanol–water partition coefficient (Wildman–Crippen LogP) is 4.15. The van der Waals surface area contributed by atoms with Crippen LogP contribution in [0.4, 0.5) is 0 Å². The minimum absolute atomic E-state index is 0.298. The summed E-state index contributed by atoms with van der Waals surface area (Å²) < 4.78 is 0. The summed E-state index contributed by atoms with van der Waals surface area (Å²) in [6.07, 6.45) is 5.28. The number of aromatic amines is 1. The second-order valence-corrected chi connectivity index (χ2v) is 8.70. The molecule has 116 valence electrons. The van der Waals surface area contributed by atoms with Crippen LogP contribution in [-0.4, -0.2) is 16.6 Å². The Morgan fingerprint density at radius 3 is 2.82 bits per heavy atom. The smallest absolute Gasteiger partial charge is 0.0459 e. The normalized spacial score (nSPS) is 38.8. The third-order valence-corrected chi connectivity index (χ3v) is 7.24. The van der Waals surface area contributed by atoms with Gasteiger partial charge in [-0.3, -0.25) is 0 Å². The van der Waals surface area contributed by atoms with Crippen molar-refractivity contribution in [1.29, 1.82) is 0 Å². The van der Waals surface area contributed by atoms with E-state index < -0.39 is 0 Å². The lowest BCUT2D eigenvalue weighted by atomic mass is 9.52. The molecule has 0 radical (unpaired) electrons. The van der Waals surface area contributed by atoms with Crippen molar-refractivity contribution < 1.29 is 0 Å². The zero-order chi connectivity index (χ0) is 15.1. The number of nitrogens with one attached hydrogen (secondary N) is 2. The van der Waals surface area contributed by atoms with Crippen LogP contribution < -0.4 is 5.32 Å². The van der Waals surface area contributed by atoms with Gasteiger partial charge in [-0.2, -0.15) is 0 Å². The van der Waals surface area contributed by atoms with Crippen molar-refractivity contribution in [3.05, 3.63) is 35.5 Å².